The SMILES string of the molecule is O=C(CCCN1CCOCC1)N1CC2C(C1)C2(CO)CO.O=CO. The molecule has 3 fully saturated rings. The first-order valence-corrected chi connectivity index (χ1v) is 8.50. The molecule has 3 N–H and O–H groups in total. The highest BCUT2D eigenvalue weighted by Gasteiger charge is 2.67. The number of aliphatic hydroxyl groups is 2. The molecule has 1 saturated carbocycles. The molecule has 3 rings (SSSR count). The molecular formula is C16H28N2O6. The van der Waals surface area contributed by atoms with Crippen molar-refractivity contribution in [2.75, 3.05) is 59.2 Å². The van der Waals surface area contributed by atoms with Crippen LogP contribution in [0.5, 0.6) is 0 Å². The predicted molar refractivity (Wildman–Crippen MR) is 85.4 cm³/mol. The molecule has 24 heavy (non-hydrogen) atoms. The van der Waals surface area contributed by atoms with Gasteiger partial charge in [0.25, 0.3) is 6.47 Å². The van der Waals surface area contributed by atoms with Crippen LogP contribution in [0.1, 0.15) is 12.8 Å². The monoisotopic (exact) mass is 344 g/mol. The molecule has 0 spiro atoms. The molecule has 2 heterocycles. The minimum Gasteiger partial charge on any atom is -0.483 e. The Hall–Kier alpha value is -1.22. The number of nitrogens with zero attached hydrogens (tertiary/aromatic N) is 2. The lowest BCUT2D eigenvalue weighted by Crippen LogP contribution is -2.38. The van der Waals surface area contributed by atoms with E-state index in [4.69, 9.17) is 14.6 Å². The van der Waals surface area contributed by atoms with Gasteiger partial charge < -0.3 is 25.0 Å². The number of piperidine rings is 1. The Kier molecular flexibility index (Phi) is 6.97. The molecule has 0 bridgehead atoms. The second-order valence-electron chi connectivity index (χ2n) is 6.72. The smallest absolute Gasteiger partial charge is 0.290 e. The second kappa shape index (κ2) is 8.75. The van der Waals surface area contributed by atoms with Crippen LogP contribution >= 0.6 is 0 Å². The highest BCUT2D eigenvalue weighted by atomic mass is 16.5. The van der Waals surface area contributed by atoms with Crippen molar-refractivity contribution in [1.29, 1.82) is 0 Å². The Morgan fingerprint density at radius 3 is 2.21 bits per heavy atom. The van der Waals surface area contributed by atoms with E-state index in [2.05, 4.69) is 4.90 Å². The van der Waals surface area contributed by atoms with E-state index in [1.165, 1.54) is 0 Å². The zero-order chi connectivity index (χ0) is 17.6. The number of amides is 1. The van der Waals surface area contributed by atoms with Crippen molar-refractivity contribution in [3.63, 3.8) is 0 Å². The largest absolute Gasteiger partial charge is 0.483 e. The maximum absolute atomic E-state index is 12.2. The van der Waals surface area contributed by atoms with Gasteiger partial charge in [-0.25, -0.2) is 0 Å². The molecule has 1 amide bonds. The molecule has 0 aromatic carbocycles. The maximum Gasteiger partial charge on any atom is 0.290 e. The fourth-order valence-electron chi connectivity index (χ4n) is 4.00. The van der Waals surface area contributed by atoms with Crippen LogP contribution in [0.3, 0.4) is 0 Å². The quantitative estimate of drug-likeness (QED) is 0.522. The third-order valence-electron chi connectivity index (χ3n) is 5.60. The van der Waals surface area contributed by atoms with Gasteiger partial charge in [-0.3, -0.25) is 14.5 Å². The Morgan fingerprint density at radius 2 is 1.71 bits per heavy atom. The first-order valence-electron chi connectivity index (χ1n) is 8.50. The lowest BCUT2D eigenvalue weighted by Gasteiger charge is -2.27. The van der Waals surface area contributed by atoms with Gasteiger partial charge in [-0.15, -0.1) is 0 Å². The number of fused-ring (bicyclic) bond motifs is 1. The third kappa shape index (κ3) is 4.05. The van der Waals surface area contributed by atoms with Crippen molar-refractivity contribution in [2.24, 2.45) is 17.3 Å². The summed E-state index contributed by atoms with van der Waals surface area (Å²) in [6.07, 6.45) is 1.50. The number of hydrogen-bond donors (Lipinski definition) is 3. The van der Waals surface area contributed by atoms with Crippen LogP contribution < -0.4 is 0 Å². The van der Waals surface area contributed by atoms with Crippen LogP contribution in [0.15, 0.2) is 0 Å². The Balaban J connectivity index is 0.000000647. The lowest BCUT2D eigenvalue weighted by molar-refractivity contribution is -0.131. The van der Waals surface area contributed by atoms with Gasteiger partial charge in [-0.1, -0.05) is 0 Å². The van der Waals surface area contributed by atoms with Gasteiger partial charge in [0.2, 0.25) is 5.91 Å². The molecular weight excluding hydrogens is 316 g/mol. The molecule has 0 radical (unpaired) electrons. The second-order valence-corrected chi connectivity index (χ2v) is 6.72. The van der Waals surface area contributed by atoms with Crippen molar-refractivity contribution >= 4 is 12.4 Å². The lowest BCUT2D eigenvalue weighted by atomic mass is 10.0. The third-order valence-corrected chi connectivity index (χ3v) is 5.60. The van der Waals surface area contributed by atoms with Crippen molar-refractivity contribution in [1.82, 2.24) is 9.80 Å². The summed E-state index contributed by atoms with van der Waals surface area (Å²) < 4.78 is 5.31. The van der Waals surface area contributed by atoms with Gasteiger partial charge in [0, 0.05) is 38.0 Å². The number of hydrogen-bond acceptors (Lipinski definition) is 6. The number of rotatable bonds is 6. The summed E-state index contributed by atoms with van der Waals surface area (Å²) in [6, 6.07) is 0. The maximum atomic E-state index is 12.2. The summed E-state index contributed by atoms with van der Waals surface area (Å²) in [5.41, 5.74) is -0.301. The summed E-state index contributed by atoms with van der Waals surface area (Å²) in [5.74, 6) is 0.826. The molecule has 8 heteroatoms. The number of carbonyl (C=O) groups excluding carboxylic acids is 1. The van der Waals surface area contributed by atoms with Crippen molar-refractivity contribution in [3.8, 4) is 0 Å². The standard InChI is InChI=1S/C15H26N2O4.CH2O2/c18-10-15(11-19)12-8-17(9-13(12)15)14(20)2-1-3-16-4-6-21-7-5-16;2-1-3/h12-13,18-19H,1-11H2;1H,(H,2,3). The summed E-state index contributed by atoms with van der Waals surface area (Å²) in [7, 11) is 0. The molecule has 2 atom stereocenters. The van der Waals surface area contributed by atoms with Crippen LogP contribution in [-0.2, 0) is 14.3 Å². The van der Waals surface area contributed by atoms with Gasteiger partial charge in [0.15, 0.2) is 0 Å². The van der Waals surface area contributed by atoms with Gasteiger partial charge in [0.1, 0.15) is 0 Å². The van der Waals surface area contributed by atoms with E-state index < -0.39 is 0 Å². The number of likely N-dealkylation sites (tertiary alicyclic amines) is 1. The minimum absolute atomic E-state index is 0.0396. The first kappa shape index (κ1) is 19.1. The number of ether oxygens (including phenoxy) is 1. The minimum atomic E-state index is -0.301. The Labute approximate surface area is 142 Å². The van der Waals surface area contributed by atoms with E-state index in [0.717, 1.165) is 39.3 Å². The van der Waals surface area contributed by atoms with Gasteiger partial charge >= 0.3 is 0 Å². The van der Waals surface area contributed by atoms with Crippen LogP contribution in [0.4, 0.5) is 0 Å². The molecule has 2 saturated heterocycles. The highest BCUT2D eigenvalue weighted by molar-refractivity contribution is 5.76. The van der Waals surface area contributed by atoms with E-state index in [9.17, 15) is 15.0 Å². The summed E-state index contributed by atoms with van der Waals surface area (Å²) in [6.45, 7) is 5.75. The molecule has 0 aromatic heterocycles. The topological polar surface area (TPSA) is 111 Å². The molecule has 2 aliphatic heterocycles. The first-order chi connectivity index (χ1) is 11.6. The van der Waals surface area contributed by atoms with Gasteiger partial charge in [0.05, 0.1) is 26.4 Å². The zero-order valence-electron chi connectivity index (χ0n) is 14.0. The van der Waals surface area contributed by atoms with Crippen LogP contribution in [0.25, 0.3) is 0 Å². The normalized spacial score (nSPS) is 27.8. The molecule has 1 aliphatic carbocycles. The van der Waals surface area contributed by atoms with E-state index in [1.807, 2.05) is 4.90 Å². The summed E-state index contributed by atoms with van der Waals surface area (Å²) in [5, 5.41) is 25.7. The van der Waals surface area contributed by atoms with Gasteiger partial charge in [-0.05, 0) is 24.8 Å². The number of aliphatic hydroxyl groups excluding tert-OH is 2. The van der Waals surface area contributed by atoms with Crippen LogP contribution in [-0.4, -0.2) is 96.7 Å². The van der Waals surface area contributed by atoms with Crippen molar-refractivity contribution in [2.45, 2.75) is 12.8 Å². The Bertz CT molecular complexity index is 409. The van der Waals surface area contributed by atoms with Crippen molar-refractivity contribution in [3.05, 3.63) is 0 Å². The molecule has 2 unspecified atom stereocenters. The van der Waals surface area contributed by atoms with E-state index in [-0.39, 0.29) is 31.0 Å². The highest BCUT2D eigenvalue weighted by Crippen LogP contribution is 2.62. The van der Waals surface area contributed by atoms with E-state index in [1.54, 1.807) is 0 Å². The van der Waals surface area contributed by atoms with Crippen LogP contribution in [0, 0.1) is 17.3 Å². The molecule has 138 valence electrons. The molecule has 3 aliphatic rings. The van der Waals surface area contributed by atoms with Crippen molar-refractivity contribution < 1.29 is 29.6 Å². The summed E-state index contributed by atoms with van der Waals surface area (Å²) >= 11 is 0. The number of carboxylic acid groups (broad SMARTS) is 1. The van der Waals surface area contributed by atoms with Gasteiger partial charge in [-0.2, -0.15) is 0 Å². The number of carbonyl (C=O) groups is 2. The van der Waals surface area contributed by atoms with Crippen LogP contribution in [0.2, 0.25) is 0 Å². The molecule has 0 aromatic rings. The predicted octanol–water partition coefficient (Wildman–Crippen LogP) is -1.14. The zero-order valence-corrected chi connectivity index (χ0v) is 14.0. The molecule has 8 nitrogen and oxygen atoms in total. The Morgan fingerprint density at radius 1 is 1.17 bits per heavy atom. The fourth-order valence-corrected chi connectivity index (χ4v) is 4.00. The summed E-state index contributed by atoms with van der Waals surface area (Å²) in [4.78, 5) is 24.8. The fraction of sp³-hybridized carbons (Fsp3) is 0.875. The van der Waals surface area contributed by atoms with E-state index in [0.29, 0.717) is 31.3 Å². The number of morpholine rings is 1. The van der Waals surface area contributed by atoms with E-state index >= 15 is 0 Å². The average Bonchev–Trinajstić information content (AvgIpc) is 2.96. The average molecular weight is 344 g/mol.